The van der Waals surface area contributed by atoms with Gasteiger partial charge < -0.3 is 10.4 Å². The summed E-state index contributed by atoms with van der Waals surface area (Å²) in [5.74, 6) is 0.792. The van der Waals surface area contributed by atoms with Crippen molar-refractivity contribution in [2.45, 2.75) is 18.2 Å². The molecule has 0 spiro atoms. The molecule has 0 aliphatic carbocycles. The standard InChI is InChI=1S/C9H15N3OS/c1-7(8(5-13)14-2)12-9-3-4-10-6-11-9/h3-4,6-8,13H,5H2,1-2H3,(H,10,11,12). The number of aliphatic hydroxyl groups is 1. The quantitative estimate of drug-likeness (QED) is 0.764. The van der Waals surface area contributed by atoms with E-state index in [0.29, 0.717) is 0 Å². The predicted octanol–water partition coefficient (Wildman–Crippen LogP) is 1.00. The molecule has 1 rings (SSSR count). The van der Waals surface area contributed by atoms with Crippen molar-refractivity contribution in [2.75, 3.05) is 18.2 Å². The summed E-state index contributed by atoms with van der Waals surface area (Å²) >= 11 is 1.64. The molecule has 0 bridgehead atoms. The van der Waals surface area contributed by atoms with Gasteiger partial charge in [0.2, 0.25) is 0 Å². The summed E-state index contributed by atoms with van der Waals surface area (Å²) in [7, 11) is 0. The molecular weight excluding hydrogens is 198 g/mol. The van der Waals surface area contributed by atoms with E-state index in [-0.39, 0.29) is 17.9 Å². The Morgan fingerprint density at radius 1 is 1.64 bits per heavy atom. The lowest BCUT2D eigenvalue weighted by atomic mass is 10.2. The number of aromatic nitrogens is 2. The second-order valence-electron chi connectivity index (χ2n) is 2.98. The molecule has 0 aliphatic heterocycles. The van der Waals surface area contributed by atoms with E-state index in [9.17, 15) is 0 Å². The molecule has 1 aromatic heterocycles. The van der Waals surface area contributed by atoms with Crippen molar-refractivity contribution in [3.63, 3.8) is 0 Å². The molecule has 0 saturated heterocycles. The van der Waals surface area contributed by atoms with Gasteiger partial charge in [0.25, 0.3) is 0 Å². The van der Waals surface area contributed by atoms with E-state index in [4.69, 9.17) is 5.11 Å². The van der Waals surface area contributed by atoms with Gasteiger partial charge in [0.05, 0.1) is 6.61 Å². The van der Waals surface area contributed by atoms with Crippen LogP contribution in [-0.2, 0) is 0 Å². The van der Waals surface area contributed by atoms with Gasteiger partial charge in [0.1, 0.15) is 12.1 Å². The van der Waals surface area contributed by atoms with Gasteiger partial charge in [0, 0.05) is 17.5 Å². The summed E-state index contributed by atoms with van der Waals surface area (Å²) in [6, 6.07) is 2.00. The summed E-state index contributed by atoms with van der Waals surface area (Å²) in [6.07, 6.45) is 5.18. The van der Waals surface area contributed by atoms with Gasteiger partial charge in [-0.05, 0) is 19.2 Å². The van der Waals surface area contributed by atoms with Crippen LogP contribution in [0.5, 0.6) is 0 Å². The van der Waals surface area contributed by atoms with Crippen molar-refractivity contribution >= 4 is 17.6 Å². The number of nitrogens with zero attached hydrogens (tertiary/aromatic N) is 2. The Labute approximate surface area is 88.2 Å². The monoisotopic (exact) mass is 213 g/mol. The van der Waals surface area contributed by atoms with Crippen LogP contribution in [0.2, 0.25) is 0 Å². The third-order valence-corrected chi connectivity index (χ3v) is 3.16. The van der Waals surface area contributed by atoms with Crippen molar-refractivity contribution in [3.05, 3.63) is 18.6 Å². The minimum Gasteiger partial charge on any atom is -0.395 e. The van der Waals surface area contributed by atoms with Crippen LogP contribution in [0, 0.1) is 0 Å². The lowest BCUT2D eigenvalue weighted by Gasteiger charge is -2.21. The normalized spacial score (nSPS) is 14.8. The van der Waals surface area contributed by atoms with Crippen LogP contribution in [0.15, 0.2) is 18.6 Å². The molecule has 1 heterocycles. The Balaban J connectivity index is 2.52. The molecule has 4 nitrogen and oxygen atoms in total. The molecule has 2 atom stereocenters. The Bertz CT molecular complexity index is 253. The number of anilines is 1. The highest BCUT2D eigenvalue weighted by Gasteiger charge is 2.14. The van der Waals surface area contributed by atoms with Crippen LogP contribution in [0.1, 0.15) is 6.92 Å². The fourth-order valence-electron chi connectivity index (χ4n) is 1.14. The summed E-state index contributed by atoms with van der Waals surface area (Å²) in [5.41, 5.74) is 0. The highest BCUT2D eigenvalue weighted by molar-refractivity contribution is 7.99. The van der Waals surface area contributed by atoms with Gasteiger partial charge in [-0.1, -0.05) is 0 Å². The van der Waals surface area contributed by atoms with Crippen LogP contribution in [0.25, 0.3) is 0 Å². The smallest absolute Gasteiger partial charge is 0.129 e. The minimum absolute atomic E-state index is 0.167. The number of nitrogens with one attached hydrogen (secondary N) is 1. The number of thioether (sulfide) groups is 1. The summed E-state index contributed by atoms with van der Waals surface area (Å²) in [6.45, 7) is 2.19. The zero-order chi connectivity index (χ0) is 10.4. The van der Waals surface area contributed by atoms with Crippen molar-refractivity contribution in [3.8, 4) is 0 Å². The number of aliphatic hydroxyl groups excluding tert-OH is 1. The first-order valence-electron chi connectivity index (χ1n) is 4.44. The molecule has 0 fully saturated rings. The van der Waals surface area contributed by atoms with Crippen LogP contribution in [0.3, 0.4) is 0 Å². The lowest BCUT2D eigenvalue weighted by Crippen LogP contribution is -2.31. The fraction of sp³-hybridized carbons (Fsp3) is 0.556. The molecule has 1 aromatic rings. The Hall–Kier alpha value is -0.810. The maximum atomic E-state index is 9.08. The maximum Gasteiger partial charge on any atom is 0.129 e. The molecule has 2 unspecified atom stereocenters. The van der Waals surface area contributed by atoms with E-state index in [1.807, 2.05) is 19.2 Å². The topological polar surface area (TPSA) is 58.0 Å². The number of hydrogen-bond acceptors (Lipinski definition) is 5. The van der Waals surface area contributed by atoms with Gasteiger partial charge in [-0.2, -0.15) is 11.8 Å². The lowest BCUT2D eigenvalue weighted by molar-refractivity contribution is 0.288. The average molecular weight is 213 g/mol. The van der Waals surface area contributed by atoms with Gasteiger partial charge in [-0.3, -0.25) is 0 Å². The minimum atomic E-state index is 0.167. The van der Waals surface area contributed by atoms with E-state index in [1.165, 1.54) is 6.33 Å². The Kier molecular flexibility index (Phi) is 4.69. The average Bonchev–Trinajstić information content (AvgIpc) is 2.21. The highest BCUT2D eigenvalue weighted by atomic mass is 32.2. The molecule has 78 valence electrons. The third kappa shape index (κ3) is 3.16. The largest absolute Gasteiger partial charge is 0.395 e. The maximum absolute atomic E-state index is 9.08. The van der Waals surface area contributed by atoms with Gasteiger partial charge in [-0.15, -0.1) is 0 Å². The van der Waals surface area contributed by atoms with E-state index in [0.717, 1.165) is 5.82 Å². The van der Waals surface area contributed by atoms with Crippen LogP contribution in [0.4, 0.5) is 5.82 Å². The van der Waals surface area contributed by atoms with Crippen LogP contribution < -0.4 is 5.32 Å². The predicted molar refractivity (Wildman–Crippen MR) is 59.5 cm³/mol. The molecule has 0 radical (unpaired) electrons. The number of hydrogen-bond donors (Lipinski definition) is 2. The number of rotatable bonds is 5. The van der Waals surface area contributed by atoms with Crippen molar-refractivity contribution in [1.82, 2.24) is 9.97 Å². The molecule has 0 amide bonds. The SMILES string of the molecule is CSC(CO)C(C)Nc1ccncn1. The zero-order valence-corrected chi connectivity index (χ0v) is 9.16. The molecular formula is C9H15N3OS. The van der Waals surface area contributed by atoms with Gasteiger partial charge in [0.15, 0.2) is 0 Å². The molecule has 2 N–H and O–H groups in total. The molecule has 5 heteroatoms. The van der Waals surface area contributed by atoms with Gasteiger partial charge >= 0.3 is 0 Å². The Morgan fingerprint density at radius 3 is 2.93 bits per heavy atom. The first-order chi connectivity index (χ1) is 6.77. The fourth-order valence-corrected chi connectivity index (χ4v) is 1.76. The van der Waals surface area contributed by atoms with Crippen molar-refractivity contribution in [2.24, 2.45) is 0 Å². The van der Waals surface area contributed by atoms with Crippen LogP contribution in [-0.4, -0.2) is 39.2 Å². The van der Waals surface area contributed by atoms with E-state index < -0.39 is 0 Å². The molecule has 14 heavy (non-hydrogen) atoms. The highest BCUT2D eigenvalue weighted by Crippen LogP contribution is 2.13. The van der Waals surface area contributed by atoms with Crippen molar-refractivity contribution < 1.29 is 5.11 Å². The summed E-state index contributed by atoms with van der Waals surface area (Å²) in [5, 5.41) is 12.5. The van der Waals surface area contributed by atoms with Gasteiger partial charge in [-0.25, -0.2) is 9.97 Å². The Morgan fingerprint density at radius 2 is 2.43 bits per heavy atom. The van der Waals surface area contributed by atoms with E-state index in [1.54, 1.807) is 18.0 Å². The van der Waals surface area contributed by atoms with Crippen molar-refractivity contribution in [1.29, 1.82) is 0 Å². The molecule has 0 saturated carbocycles. The first-order valence-corrected chi connectivity index (χ1v) is 5.73. The van der Waals surface area contributed by atoms with E-state index in [2.05, 4.69) is 15.3 Å². The molecule has 0 aliphatic rings. The zero-order valence-electron chi connectivity index (χ0n) is 8.34. The third-order valence-electron chi connectivity index (χ3n) is 2.00. The second kappa shape index (κ2) is 5.82. The van der Waals surface area contributed by atoms with E-state index >= 15 is 0 Å². The first kappa shape index (κ1) is 11.3. The second-order valence-corrected chi connectivity index (χ2v) is 4.06. The van der Waals surface area contributed by atoms with Crippen LogP contribution >= 0.6 is 11.8 Å². The summed E-state index contributed by atoms with van der Waals surface area (Å²) < 4.78 is 0. The molecule has 0 aromatic carbocycles. The summed E-state index contributed by atoms with van der Waals surface area (Å²) in [4.78, 5) is 7.89.